The van der Waals surface area contributed by atoms with E-state index in [0.717, 1.165) is 25.7 Å². The molecular formula is C14H22N2O4. The SMILES string of the molecule is CN(CCCC(=O)O)C1CC(=O)N(C2CCCC2)C1=O. The number of carbonyl (C=O) groups is 3. The van der Waals surface area contributed by atoms with Crippen molar-refractivity contribution >= 4 is 17.8 Å². The van der Waals surface area contributed by atoms with Crippen LogP contribution in [0.15, 0.2) is 0 Å². The van der Waals surface area contributed by atoms with Crippen LogP contribution in [-0.4, -0.2) is 58.4 Å². The van der Waals surface area contributed by atoms with Crippen LogP contribution in [0.1, 0.15) is 44.9 Å². The monoisotopic (exact) mass is 282 g/mol. The first kappa shape index (κ1) is 15.0. The largest absolute Gasteiger partial charge is 0.481 e. The molecule has 0 aromatic rings. The molecule has 1 aliphatic carbocycles. The molecule has 2 aliphatic rings. The molecule has 20 heavy (non-hydrogen) atoms. The van der Waals surface area contributed by atoms with Crippen LogP contribution in [0.4, 0.5) is 0 Å². The summed E-state index contributed by atoms with van der Waals surface area (Å²) in [6.45, 7) is 0.522. The molecule has 0 spiro atoms. The molecule has 2 amide bonds. The number of likely N-dealkylation sites (N-methyl/N-ethyl adjacent to an activating group) is 1. The predicted molar refractivity (Wildman–Crippen MR) is 72.0 cm³/mol. The van der Waals surface area contributed by atoms with Gasteiger partial charge in [0.2, 0.25) is 11.8 Å². The summed E-state index contributed by atoms with van der Waals surface area (Å²) in [6, 6.07) is -0.315. The summed E-state index contributed by atoms with van der Waals surface area (Å²) in [4.78, 5) is 38.2. The number of likely N-dealkylation sites (tertiary alicyclic amines) is 1. The summed E-state index contributed by atoms with van der Waals surface area (Å²) in [5.74, 6) is -1.00. The van der Waals surface area contributed by atoms with E-state index in [-0.39, 0.29) is 30.7 Å². The molecular weight excluding hydrogens is 260 g/mol. The van der Waals surface area contributed by atoms with Crippen molar-refractivity contribution in [3.8, 4) is 0 Å². The van der Waals surface area contributed by atoms with Crippen LogP contribution in [0, 0.1) is 0 Å². The zero-order valence-electron chi connectivity index (χ0n) is 11.9. The lowest BCUT2D eigenvalue weighted by Gasteiger charge is -2.25. The minimum Gasteiger partial charge on any atom is -0.481 e. The third kappa shape index (κ3) is 3.17. The highest BCUT2D eigenvalue weighted by Crippen LogP contribution is 2.29. The van der Waals surface area contributed by atoms with Gasteiger partial charge in [0, 0.05) is 12.5 Å². The summed E-state index contributed by atoms with van der Waals surface area (Å²) in [7, 11) is 1.79. The molecule has 6 heteroatoms. The van der Waals surface area contributed by atoms with Crippen LogP contribution in [-0.2, 0) is 14.4 Å². The fraction of sp³-hybridized carbons (Fsp3) is 0.786. The maximum absolute atomic E-state index is 12.4. The number of imide groups is 1. The van der Waals surface area contributed by atoms with Crippen molar-refractivity contribution in [3.05, 3.63) is 0 Å². The van der Waals surface area contributed by atoms with Crippen LogP contribution < -0.4 is 0 Å². The van der Waals surface area contributed by atoms with Gasteiger partial charge in [-0.15, -0.1) is 0 Å². The van der Waals surface area contributed by atoms with Gasteiger partial charge in [0.25, 0.3) is 0 Å². The first-order valence-electron chi connectivity index (χ1n) is 7.28. The van der Waals surface area contributed by atoms with E-state index in [2.05, 4.69) is 0 Å². The molecule has 0 bridgehead atoms. The minimum absolute atomic E-state index is 0.0722. The number of amides is 2. The first-order chi connectivity index (χ1) is 9.50. The molecule has 0 aromatic carbocycles. The number of carboxylic acids is 1. The fourth-order valence-corrected chi connectivity index (χ4v) is 3.16. The van der Waals surface area contributed by atoms with Gasteiger partial charge in [-0.05, 0) is 32.9 Å². The third-order valence-electron chi connectivity index (χ3n) is 4.28. The standard InChI is InChI=1S/C14H22N2O4/c1-15(8-4-7-13(18)19)11-9-12(17)16(14(11)20)10-5-2-3-6-10/h10-11H,2-9H2,1H3,(H,18,19). The zero-order chi connectivity index (χ0) is 14.7. The Morgan fingerprint density at radius 1 is 1.35 bits per heavy atom. The molecule has 1 saturated carbocycles. The van der Waals surface area contributed by atoms with E-state index in [9.17, 15) is 14.4 Å². The second-order valence-electron chi connectivity index (χ2n) is 5.74. The Morgan fingerprint density at radius 2 is 2.00 bits per heavy atom. The first-order valence-corrected chi connectivity index (χ1v) is 7.28. The molecule has 2 fully saturated rings. The van der Waals surface area contributed by atoms with E-state index in [1.807, 2.05) is 4.90 Å². The number of aliphatic carboxylic acids is 1. The van der Waals surface area contributed by atoms with Gasteiger partial charge in [0.05, 0.1) is 12.5 Å². The van der Waals surface area contributed by atoms with Crippen LogP contribution in [0.5, 0.6) is 0 Å². The number of carbonyl (C=O) groups excluding carboxylic acids is 2. The lowest BCUT2D eigenvalue weighted by Crippen LogP contribution is -2.43. The average molecular weight is 282 g/mol. The molecule has 1 unspecified atom stereocenters. The van der Waals surface area contributed by atoms with Gasteiger partial charge in [-0.3, -0.25) is 24.2 Å². The second kappa shape index (κ2) is 6.35. The van der Waals surface area contributed by atoms with E-state index in [0.29, 0.717) is 13.0 Å². The topological polar surface area (TPSA) is 77.9 Å². The molecule has 1 N–H and O–H groups in total. The maximum Gasteiger partial charge on any atom is 0.303 e. The van der Waals surface area contributed by atoms with Gasteiger partial charge in [-0.2, -0.15) is 0 Å². The van der Waals surface area contributed by atoms with Gasteiger partial charge < -0.3 is 5.11 Å². The van der Waals surface area contributed by atoms with Gasteiger partial charge in [0.1, 0.15) is 0 Å². The van der Waals surface area contributed by atoms with Crippen molar-refractivity contribution in [1.29, 1.82) is 0 Å². The molecule has 2 rings (SSSR count). The lowest BCUT2D eigenvalue weighted by atomic mass is 10.2. The Hall–Kier alpha value is -1.43. The highest BCUT2D eigenvalue weighted by atomic mass is 16.4. The number of rotatable bonds is 6. The Morgan fingerprint density at radius 3 is 2.60 bits per heavy atom. The van der Waals surface area contributed by atoms with Gasteiger partial charge in [-0.1, -0.05) is 12.8 Å². The summed E-state index contributed by atoms with van der Waals surface area (Å²) < 4.78 is 0. The Bertz CT molecular complexity index is 404. The van der Waals surface area contributed by atoms with Crippen molar-refractivity contribution in [2.45, 2.75) is 57.0 Å². The molecule has 1 heterocycles. The van der Waals surface area contributed by atoms with Crippen molar-refractivity contribution in [1.82, 2.24) is 9.80 Å². The summed E-state index contributed by atoms with van der Waals surface area (Å²) in [5.41, 5.74) is 0. The Balaban J connectivity index is 1.91. The predicted octanol–water partition coefficient (Wildman–Crippen LogP) is 0.853. The van der Waals surface area contributed by atoms with E-state index in [4.69, 9.17) is 5.11 Å². The molecule has 112 valence electrons. The Kier molecular flexibility index (Phi) is 4.75. The molecule has 6 nitrogen and oxygen atoms in total. The lowest BCUT2D eigenvalue weighted by molar-refractivity contribution is -0.142. The normalized spacial score (nSPS) is 24.1. The van der Waals surface area contributed by atoms with E-state index in [1.165, 1.54) is 4.90 Å². The summed E-state index contributed by atoms with van der Waals surface area (Å²) >= 11 is 0. The summed E-state index contributed by atoms with van der Waals surface area (Å²) in [6.07, 6.45) is 4.83. The molecule has 1 saturated heterocycles. The van der Waals surface area contributed by atoms with Gasteiger partial charge >= 0.3 is 5.97 Å². The zero-order valence-corrected chi connectivity index (χ0v) is 11.9. The van der Waals surface area contributed by atoms with Crippen LogP contribution >= 0.6 is 0 Å². The molecule has 1 aliphatic heterocycles. The van der Waals surface area contributed by atoms with Crippen LogP contribution in [0.2, 0.25) is 0 Å². The number of hydrogen-bond acceptors (Lipinski definition) is 4. The molecule has 0 aromatic heterocycles. The quantitative estimate of drug-likeness (QED) is 0.731. The van der Waals surface area contributed by atoms with Crippen LogP contribution in [0.25, 0.3) is 0 Å². The van der Waals surface area contributed by atoms with E-state index >= 15 is 0 Å². The van der Waals surface area contributed by atoms with Crippen LogP contribution in [0.3, 0.4) is 0 Å². The highest BCUT2D eigenvalue weighted by molar-refractivity contribution is 6.05. The maximum atomic E-state index is 12.4. The van der Waals surface area contributed by atoms with Crippen molar-refractivity contribution in [2.75, 3.05) is 13.6 Å². The second-order valence-corrected chi connectivity index (χ2v) is 5.74. The van der Waals surface area contributed by atoms with E-state index < -0.39 is 12.0 Å². The van der Waals surface area contributed by atoms with E-state index in [1.54, 1.807) is 7.05 Å². The molecule has 0 radical (unpaired) electrons. The Labute approximate surface area is 118 Å². The third-order valence-corrected chi connectivity index (χ3v) is 4.28. The highest BCUT2D eigenvalue weighted by Gasteiger charge is 2.44. The van der Waals surface area contributed by atoms with Gasteiger partial charge in [0.15, 0.2) is 0 Å². The number of nitrogens with zero attached hydrogens (tertiary/aromatic N) is 2. The number of carboxylic acid groups (broad SMARTS) is 1. The average Bonchev–Trinajstić information content (AvgIpc) is 2.97. The number of hydrogen-bond donors (Lipinski definition) is 1. The van der Waals surface area contributed by atoms with Crippen molar-refractivity contribution in [2.24, 2.45) is 0 Å². The smallest absolute Gasteiger partial charge is 0.303 e. The minimum atomic E-state index is -0.834. The van der Waals surface area contributed by atoms with Gasteiger partial charge in [-0.25, -0.2) is 0 Å². The molecule has 1 atom stereocenters. The van der Waals surface area contributed by atoms with Crippen molar-refractivity contribution < 1.29 is 19.5 Å². The fourth-order valence-electron chi connectivity index (χ4n) is 3.16. The van der Waals surface area contributed by atoms with Crippen molar-refractivity contribution in [3.63, 3.8) is 0 Å². The summed E-state index contributed by atoms with van der Waals surface area (Å²) in [5, 5.41) is 8.62.